The lowest BCUT2D eigenvalue weighted by molar-refractivity contribution is 0.337. The van der Waals surface area contributed by atoms with Gasteiger partial charge in [-0.2, -0.15) is 8.78 Å². The predicted molar refractivity (Wildman–Crippen MR) is 103 cm³/mol. The van der Waals surface area contributed by atoms with Crippen molar-refractivity contribution in [2.75, 3.05) is 21.3 Å². The van der Waals surface area contributed by atoms with Gasteiger partial charge in [-0.25, -0.2) is 35.1 Å². The van der Waals surface area contributed by atoms with Crippen LogP contribution in [0, 0.1) is 58.2 Å². The van der Waals surface area contributed by atoms with E-state index in [-0.39, 0.29) is 0 Å². The molecule has 0 N–H and O–H groups in total. The standard InChI is InChI=1S/2C7H3F4O.C7H5F2O.Al/c2*1-12-7-4(9)2-3(8)5(10)6(7)11;1-10-7-3-2-5(8)4-6(7)9;/h2*1H3;2-3H,1H3;. The van der Waals surface area contributed by atoms with Gasteiger partial charge in [0.1, 0.15) is 5.82 Å². The fraction of sp³-hybridized carbons (Fsp3) is 0.143. The Bertz CT molecular complexity index is 1260. The van der Waals surface area contributed by atoms with E-state index in [9.17, 15) is 30.7 Å². The molecular weight excluding hydrogens is 517 g/mol. The molecule has 0 fully saturated rings. The van der Waals surface area contributed by atoms with Crippen molar-refractivity contribution in [2.45, 2.75) is 0 Å². The molecule has 0 aromatic heterocycles. The van der Waals surface area contributed by atoms with Crippen LogP contribution in [-0.2, 0) is 0 Å². The maximum atomic E-state index is 15.2. The van der Waals surface area contributed by atoms with Gasteiger partial charge >= 0.3 is 14.1 Å². The van der Waals surface area contributed by atoms with Crippen LogP contribution < -0.4 is 27.5 Å². The molecule has 3 aromatic rings. The molecule has 0 heterocycles. The zero-order valence-corrected chi connectivity index (χ0v) is 18.9. The predicted octanol–water partition coefficient (Wildman–Crippen LogP) is 3.62. The maximum absolute atomic E-state index is 15.2. The Morgan fingerprint density at radius 2 is 0.886 bits per heavy atom. The van der Waals surface area contributed by atoms with Crippen molar-refractivity contribution in [3.63, 3.8) is 0 Å². The normalized spacial score (nSPS) is 11.0. The summed E-state index contributed by atoms with van der Waals surface area (Å²) in [5, 5.41) is 0. The van der Waals surface area contributed by atoms with E-state index in [1.54, 1.807) is 0 Å². The highest BCUT2D eigenvalue weighted by molar-refractivity contribution is 6.96. The number of rotatable bonds is 6. The topological polar surface area (TPSA) is 27.7 Å². The van der Waals surface area contributed by atoms with Crippen LogP contribution in [0.5, 0.6) is 17.2 Å². The first kappa shape index (κ1) is 26.5. The maximum Gasteiger partial charge on any atom is 0.413 e. The van der Waals surface area contributed by atoms with Crippen molar-refractivity contribution in [3.8, 4) is 17.2 Å². The molecule has 0 amide bonds. The van der Waals surface area contributed by atoms with Crippen molar-refractivity contribution in [1.29, 1.82) is 0 Å². The third kappa shape index (κ3) is 4.04. The Labute approximate surface area is 194 Å². The van der Waals surface area contributed by atoms with E-state index in [4.69, 9.17) is 0 Å². The second-order valence-electron chi connectivity index (χ2n) is 6.82. The zero-order chi connectivity index (χ0) is 26.4. The quantitative estimate of drug-likeness (QED) is 0.212. The molecule has 0 spiro atoms. The van der Waals surface area contributed by atoms with Crippen molar-refractivity contribution in [1.82, 2.24) is 0 Å². The molecule has 0 saturated heterocycles. The highest BCUT2D eigenvalue weighted by atomic mass is 27.2. The SMILES string of the molecule is COc1ccc(F)[c]([Al]([c]2c(F)c(F)c(F)c(OC)c2F)[c]2c(F)c(F)c(F)c(OC)c2F)c1F. The summed E-state index contributed by atoms with van der Waals surface area (Å²) in [7, 11) is 2.13. The van der Waals surface area contributed by atoms with Crippen molar-refractivity contribution in [2.24, 2.45) is 0 Å². The van der Waals surface area contributed by atoms with Crippen LogP contribution in [0.25, 0.3) is 0 Å². The number of halogens is 10. The van der Waals surface area contributed by atoms with Gasteiger partial charge in [0.15, 0.2) is 58.0 Å². The molecule has 0 bridgehead atoms. The summed E-state index contributed by atoms with van der Waals surface area (Å²) in [5.41, 5.74) is 0. The first-order chi connectivity index (χ1) is 16.4. The van der Waals surface area contributed by atoms with Gasteiger partial charge in [0, 0.05) is 0 Å². The number of ether oxygens (including phenoxy) is 3. The fourth-order valence-corrected chi connectivity index (χ4v) is 6.69. The highest BCUT2D eigenvalue weighted by Crippen LogP contribution is 2.29. The molecule has 35 heavy (non-hydrogen) atoms. The summed E-state index contributed by atoms with van der Waals surface area (Å²) in [5.74, 6) is -25.7. The minimum atomic E-state index is -5.07. The lowest BCUT2D eigenvalue weighted by Gasteiger charge is -2.21. The van der Waals surface area contributed by atoms with Gasteiger partial charge in [-0.1, -0.05) is 0 Å². The number of methoxy groups -OCH3 is 3. The van der Waals surface area contributed by atoms with Crippen LogP contribution in [0.4, 0.5) is 43.9 Å². The average molecular weight is 528 g/mol. The van der Waals surface area contributed by atoms with Gasteiger partial charge in [0.05, 0.1) is 21.3 Å². The first-order valence-electron chi connectivity index (χ1n) is 9.25. The summed E-state index contributed by atoms with van der Waals surface area (Å²) in [6.45, 7) is 0. The van der Waals surface area contributed by atoms with Gasteiger partial charge in [0.25, 0.3) is 0 Å². The molecule has 3 nitrogen and oxygen atoms in total. The van der Waals surface area contributed by atoms with Gasteiger partial charge in [0.2, 0.25) is 11.6 Å². The van der Waals surface area contributed by atoms with Gasteiger partial charge in [-0.05, 0) is 25.4 Å². The van der Waals surface area contributed by atoms with Crippen LogP contribution in [0.3, 0.4) is 0 Å². The van der Waals surface area contributed by atoms with E-state index in [2.05, 4.69) is 14.2 Å². The van der Waals surface area contributed by atoms with E-state index < -0.39 is 103 Å². The Morgan fingerprint density at radius 3 is 1.26 bits per heavy atom. The lowest BCUT2D eigenvalue weighted by Crippen LogP contribution is -2.59. The minimum absolute atomic E-state index is 0.483. The number of hydrogen-bond acceptors (Lipinski definition) is 3. The summed E-state index contributed by atoms with van der Waals surface area (Å²) < 4.78 is 155. The largest absolute Gasteiger partial charge is 0.494 e. The van der Waals surface area contributed by atoms with Crippen LogP contribution in [-0.4, -0.2) is 35.5 Å². The molecule has 0 aliphatic carbocycles. The summed E-state index contributed by atoms with van der Waals surface area (Å²) in [4.78, 5) is 0. The molecule has 3 aromatic carbocycles. The Morgan fingerprint density at radius 1 is 0.457 bits per heavy atom. The van der Waals surface area contributed by atoms with E-state index in [1.807, 2.05) is 0 Å². The van der Waals surface area contributed by atoms with E-state index in [1.165, 1.54) is 0 Å². The van der Waals surface area contributed by atoms with Crippen LogP contribution >= 0.6 is 0 Å². The Kier molecular flexibility index (Phi) is 7.47. The average Bonchev–Trinajstić information content (AvgIpc) is 2.82. The van der Waals surface area contributed by atoms with Gasteiger partial charge in [-0.3, -0.25) is 0 Å². The van der Waals surface area contributed by atoms with Crippen molar-refractivity contribution in [3.05, 3.63) is 70.3 Å². The fourth-order valence-electron chi connectivity index (χ4n) is 3.53. The molecule has 0 atom stereocenters. The van der Waals surface area contributed by atoms with E-state index in [0.29, 0.717) is 26.4 Å². The monoisotopic (exact) mass is 528 g/mol. The lowest BCUT2D eigenvalue weighted by atomic mass is 10.2. The summed E-state index contributed by atoms with van der Waals surface area (Å²) in [6.07, 6.45) is 0. The Hall–Kier alpha value is -3.11. The highest BCUT2D eigenvalue weighted by Gasteiger charge is 2.45. The number of hydrogen-bond donors (Lipinski definition) is 0. The first-order valence-corrected chi connectivity index (χ1v) is 11.0. The van der Waals surface area contributed by atoms with Gasteiger partial charge in [-0.15, -0.1) is 0 Å². The van der Waals surface area contributed by atoms with Gasteiger partial charge < -0.3 is 14.2 Å². The molecule has 14 heteroatoms. The molecule has 3 rings (SSSR count). The third-order valence-corrected chi connectivity index (χ3v) is 8.37. The van der Waals surface area contributed by atoms with E-state index in [0.717, 1.165) is 7.11 Å². The zero-order valence-electron chi connectivity index (χ0n) is 17.7. The summed E-state index contributed by atoms with van der Waals surface area (Å²) in [6, 6.07) is 1.19. The molecule has 0 unspecified atom stereocenters. The second kappa shape index (κ2) is 9.87. The molecule has 0 aliphatic rings. The van der Waals surface area contributed by atoms with E-state index >= 15 is 13.2 Å². The summed E-state index contributed by atoms with van der Waals surface area (Å²) >= 11 is -5.07. The molecule has 0 radical (unpaired) electrons. The molecule has 0 aliphatic heterocycles. The molecule has 0 saturated carbocycles. The smallest absolute Gasteiger partial charge is 0.413 e. The Balaban J connectivity index is 2.65. The molecular formula is C21H11AlF10O3. The third-order valence-electron chi connectivity index (χ3n) is 5.10. The van der Waals surface area contributed by atoms with Crippen LogP contribution in [0.15, 0.2) is 12.1 Å². The van der Waals surface area contributed by atoms with Crippen molar-refractivity contribution >= 4 is 27.4 Å². The van der Waals surface area contributed by atoms with Crippen molar-refractivity contribution < 1.29 is 58.1 Å². The van der Waals surface area contributed by atoms with Crippen LogP contribution in [0.1, 0.15) is 0 Å². The minimum Gasteiger partial charge on any atom is -0.494 e. The number of benzene rings is 3. The molecule has 186 valence electrons. The second-order valence-corrected chi connectivity index (χ2v) is 9.41. The van der Waals surface area contributed by atoms with Crippen LogP contribution in [0.2, 0.25) is 0 Å².